The molecule has 2 rings (SSSR count). The lowest BCUT2D eigenvalue weighted by atomic mass is 10.1. The monoisotopic (exact) mass is 396 g/mol. The fourth-order valence-electron chi connectivity index (χ4n) is 2.59. The Bertz CT molecular complexity index is 889. The van der Waals surface area contributed by atoms with Crippen molar-refractivity contribution in [2.45, 2.75) is 25.8 Å². The lowest BCUT2D eigenvalue weighted by Gasteiger charge is -2.23. The molecular weight excluding hydrogens is 374 g/mol. The Balaban J connectivity index is 2.00. The van der Waals surface area contributed by atoms with Crippen molar-refractivity contribution in [2.24, 2.45) is 0 Å². The first-order valence-corrected chi connectivity index (χ1v) is 10.3. The Kier molecular flexibility index (Phi) is 6.90. The molecule has 0 heterocycles. The predicted octanol–water partition coefficient (Wildman–Crippen LogP) is 2.87. The summed E-state index contributed by atoms with van der Waals surface area (Å²) in [7, 11) is -3.85. The lowest BCUT2D eigenvalue weighted by molar-refractivity contribution is -0.120. The molecule has 0 saturated carbocycles. The summed E-state index contributed by atoms with van der Waals surface area (Å²) in [6, 6.07) is 12.3. The quantitative estimate of drug-likeness (QED) is 0.746. The Morgan fingerprint density at radius 2 is 1.78 bits per heavy atom. The van der Waals surface area contributed by atoms with E-state index in [1.54, 1.807) is 0 Å². The summed E-state index contributed by atoms with van der Waals surface area (Å²) in [5.74, 6) is -2.80. The maximum Gasteiger partial charge on any atom is 0.240 e. The third kappa shape index (κ3) is 6.32. The van der Waals surface area contributed by atoms with Crippen molar-refractivity contribution < 1.29 is 22.0 Å². The number of sulfonamides is 1. The number of halogens is 2. The highest BCUT2D eigenvalue weighted by atomic mass is 32.2. The van der Waals surface area contributed by atoms with Gasteiger partial charge in [0.15, 0.2) is 11.6 Å². The van der Waals surface area contributed by atoms with E-state index in [0.717, 1.165) is 40.7 Å². The zero-order chi connectivity index (χ0) is 20.0. The van der Waals surface area contributed by atoms with Gasteiger partial charge >= 0.3 is 0 Å². The van der Waals surface area contributed by atoms with Gasteiger partial charge in [-0.2, -0.15) is 0 Å². The maximum absolute atomic E-state index is 13.4. The summed E-state index contributed by atoms with van der Waals surface area (Å²) in [5, 5.41) is 2.74. The summed E-state index contributed by atoms with van der Waals surface area (Å²) < 4.78 is 51.3. The van der Waals surface area contributed by atoms with Gasteiger partial charge in [0.25, 0.3) is 0 Å². The van der Waals surface area contributed by atoms with Gasteiger partial charge in [-0.15, -0.1) is 0 Å². The van der Waals surface area contributed by atoms with Crippen LogP contribution in [-0.2, 0) is 21.2 Å². The van der Waals surface area contributed by atoms with Crippen LogP contribution >= 0.6 is 0 Å². The second-order valence-electron chi connectivity index (χ2n) is 6.36. The number of nitrogens with zero attached hydrogens (tertiary/aromatic N) is 1. The Morgan fingerprint density at radius 1 is 1.11 bits per heavy atom. The number of anilines is 1. The van der Waals surface area contributed by atoms with Gasteiger partial charge in [0.05, 0.1) is 11.9 Å². The van der Waals surface area contributed by atoms with Crippen LogP contribution in [0.5, 0.6) is 0 Å². The van der Waals surface area contributed by atoms with E-state index < -0.39 is 34.1 Å². The number of aryl methyl sites for hydroxylation is 1. The standard InChI is InChI=1S/C19H22F2N2O3S/c1-14(8-9-15-6-4-3-5-7-15)22-19(24)13-23(27(2,25)26)16-10-11-17(20)18(21)12-16/h3-7,10-12,14H,8-9,13H2,1-2H3,(H,22,24)/t14-/m1/s1. The molecule has 8 heteroatoms. The molecule has 1 atom stereocenters. The highest BCUT2D eigenvalue weighted by Crippen LogP contribution is 2.20. The molecular formula is C19H22F2N2O3S. The van der Waals surface area contributed by atoms with Crippen molar-refractivity contribution in [2.75, 3.05) is 17.1 Å². The minimum absolute atomic E-state index is 0.108. The minimum atomic E-state index is -3.85. The third-order valence-corrected chi connectivity index (χ3v) is 5.14. The van der Waals surface area contributed by atoms with E-state index in [0.29, 0.717) is 6.42 Å². The van der Waals surface area contributed by atoms with E-state index in [4.69, 9.17) is 0 Å². The van der Waals surface area contributed by atoms with Crippen LogP contribution in [0.2, 0.25) is 0 Å². The first kappa shape index (κ1) is 20.8. The first-order valence-electron chi connectivity index (χ1n) is 8.43. The third-order valence-electron chi connectivity index (χ3n) is 3.99. The molecule has 0 saturated heterocycles. The molecule has 5 nitrogen and oxygen atoms in total. The van der Waals surface area contributed by atoms with E-state index in [-0.39, 0.29) is 11.7 Å². The van der Waals surface area contributed by atoms with E-state index in [9.17, 15) is 22.0 Å². The van der Waals surface area contributed by atoms with Crippen molar-refractivity contribution >= 4 is 21.6 Å². The summed E-state index contributed by atoms with van der Waals surface area (Å²) in [6.45, 7) is 1.31. The van der Waals surface area contributed by atoms with Crippen molar-refractivity contribution in [3.63, 3.8) is 0 Å². The van der Waals surface area contributed by atoms with Crippen LogP contribution in [-0.4, -0.2) is 33.2 Å². The van der Waals surface area contributed by atoms with Crippen LogP contribution in [0, 0.1) is 11.6 Å². The molecule has 0 aliphatic carbocycles. The Hall–Kier alpha value is -2.48. The molecule has 1 amide bonds. The maximum atomic E-state index is 13.4. The highest BCUT2D eigenvalue weighted by molar-refractivity contribution is 7.92. The zero-order valence-electron chi connectivity index (χ0n) is 15.2. The molecule has 146 valence electrons. The average Bonchev–Trinajstić information content (AvgIpc) is 2.60. The molecule has 0 aliphatic rings. The fraction of sp³-hybridized carbons (Fsp3) is 0.316. The summed E-state index contributed by atoms with van der Waals surface area (Å²) in [6.07, 6.45) is 2.35. The molecule has 0 bridgehead atoms. The number of carbonyl (C=O) groups is 1. The average molecular weight is 396 g/mol. The van der Waals surface area contributed by atoms with E-state index in [1.807, 2.05) is 37.3 Å². The smallest absolute Gasteiger partial charge is 0.240 e. The van der Waals surface area contributed by atoms with Gasteiger partial charge in [0.2, 0.25) is 15.9 Å². The van der Waals surface area contributed by atoms with Crippen LogP contribution in [0.25, 0.3) is 0 Å². The molecule has 0 fully saturated rings. The molecule has 0 radical (unpaired) electrons. The topological polar surface area (TPSA) is 66.5 Å². The first-order chi connectivity index (χ1) is 12.7. The number of carbonyl (C=O) groups excluding carboxylic acids is 1. The number of hydrogen-bond acceptors (Lipinski definition) is 3. The zero-order valence-corrected chi connectivity index (χ0v) is 16.0. The van der Waals surface area contributed by atoms with E-state index in [1.165, 1.54) is 0 Å². The SMILES string of the molecule is C[C@H](CCc1ccccc1)NC(=O)CN(c1ccc(F)c(F)c1)S(C)(=O)=O. The lowest BCUT2D eigenvalue weighted by Crippen LogP contribution is -2.43. The number of benzene rings is 2. The van der Waals surface area contributed by atoms with Crippen LogP contribution in [0.1, 0.15) is 18.9 Å². The van der Waals surface area contributed by atoms with Gasteiger partial charge < -0.3 is 5.32 Å². The number of nitrogens with one attached hydrogen (secondary N) is 1. The van der Waals surface area contributed by atoms with Crippen molar-refractivity contribution in [1.29, 1.82) is 0 Å². The van der Waals surface area contributed by atoms with Gasteiger partial charge in [-0.25, -0.2) is 17.2 Å². The fourth-order valence-corrected chi connectivity index (χ4v) is 3.44. The molecule has 0 unspecified atom stereocenters. The van der Waals surface area contributed by atoms with Crippen molar-refractivity contribution in [3.05, 3.63) is 65.7 Å². The normalized spacial score (nSPS) is 12.4. The van der Waals surface area contributed by atoms with Crippen LogP contribution in [0.15, 0.2) is 48.5 Å². The molecule has 27 heavy (non-hydrogen) atoms. The van der Waals surface area contributed by atoms with E-state index in [2.05, 4.69) is 5.32 Å². The van der Waals surface area contributed by atoms with Gasteiger partial charge in [0.1, 0.15) is 6.54 Å². The molecule has 0 aromatic heterocycles. The second kappa shape index (κ2) is 8.94. The van der Waals surface area contributed by atoms with Gasteiger partial charge in [-0.3, -0.25) is 9.10 Å². The van der Waals surface area contributed by atoms with Gasteiger partial charge in [-0.1, -0.05) is 30.3 Å². The molecule has 2 aromatic rings. The molecule has 0 spiro atoms. The number of amides is 1. The Labute approximate surface area is 158 Å². The van der Waals surface area contributed by atoms with Crippen molar-refractivity contribution in [3.8, 4) is 0 Å². The summed E-state index contributed by atoms with van der Waals surface area (Å²) in [4.78, 5) is 12.3. The predicted molar refractivity (Wildman–Crippen MR) is 101 cm³/mol. The molecule has 1 N–H and O–H groups in total. The largest absolute Gasteiger partial charge is 0.352 e. The molecule has 0 aliphatic heterocycles. The van der Waals surface area contributed by atoms with E-state index >= 15 is 0 Å². The number of rotatable bonds is 8. The Morgan fingerprint density at radius 3 is 2.37 bits per heavy atom. The van der Waals surface area contributed by atoms with Gasteiger partial charge in [0, 0.05) is 12.1 Å². The summed E-state index contributed by atoms with van der Waals surface area (Å²) in [5.41, 5.74) is 1.03. The highest BCUT2D eigenvalue weighted by Gasteiger charge is 2.22. The van der Waals surface area contributed by atoms with Crippen molar-refractivity contribution in [1.82, 2.24) is 5.32 Å². The van der Waals surface area contributed by atoms with Crippen LogP contribution < -0.4 is 9.62 Å². The van der Waals surface area contributed by atoms with Crippen LogP contribution in [0.4, 0.5) is 14.5 Å². The van der Waals surface area contributed by atoms with Gasteiger partial charge in [-0.05, 0) is 37.5 Å². The second-order valence-corrected chi connectivity index (χ2v) is 8.27. The van der Waals surface area contributed by atoms with Crippen LogP contribution in [0.3, 0.4) is 0 Å². The number of hydrogen-bond donors (Lipinski definition) is 1. The molecule has 2 aromatic carbocycles. The minimum Gasteiger partial charge on any atom is -0.352 e. The summed E-state index contributed by atoms with van der Waals surface area (Å²) >= 11 is 0.